The fraction of sp³-hybridized carbons (Fsp3) is 0.118. The number of pyridine rings is 1. The molecule has 5 nitrogen and oxygen atoms in total. The van der Waals surface area contributed by atoms with E-state index in [0.29, 0.717) is 4.90 Å². The Kier molecular flexibility index (Phi) is 4.64. The van der Waals surface area contributed by atoms with Crippen molar-refractivity contribution in [2.24, 2.45) is 0 Å². The molecule has 2 heterocycles. The van der Waals surface area contributed by atoms with Gasteiger partial charge in [0.15, 0.2) is 5.69 Å². The summed E-state index contributed by atoms with van der Waals surface area (Å²) in [5.41, 5.74) is -1.69. The van der Waals surface area contributed by atoms with Crippen LogP contribution in [0.2, 0.25) is 0 Å². The van der Waals surface area contributed by atoms with E-state index in [9.17, 15) is 26.7 Å². The van der Waals surface area contributed by atoms with Crippen LogP contribution in [0.4, 0.5) is 33.5 Å². The lowest BCUT2D eigenvalue weighted by molar-refractivity contribution is -0.140. The molecule has 0 aliphatic heterocycles. The fourth-order valence-electron chi connectivity index (χ4n) is 2.60. The van der Waals surface area contributed by atoms with Crippen LogP contribution in [0.15, 0.2) is 36.5 Å². The minimum absolute atomic E-state index is 0.0807. The number of alkyl halides is 3. The first kappa shape index (κ1) is 18.5. The number of para-hydroxylation sites is 1. The van der Waals surface area contributed by atoms with Gasteiger partial charge in [0.05, 0.1) is 0 Å². The van der Waals surface area contributed by atoms with Crippen molar-refractivity contribution < 1.29 is 26.7 Å². The van der Waals surface area contributed by atoms with Gasteiger partial charge in [-0.05, 0) is 31.2 Å². The third-order valence-electron chi connectivity index (χ3n) is 3.78. The summed E-state index contributed by atoms with van der Waals surface area (Å²) in [4.78, 5) is 15.9. The molecule has 140 valence electrons. The molecule has 1 aromatic carbocycles. The zero-order chi connectivity index (χ0) is 19.8. The van der Waals surface area contributed by atoms with Crippen molar-refractivity contribution in [3.05, 3.63) is 59.6 Å². The van der Waals surface area contributed by atoms with Gasteiger partial charge in [-0.15, -0.1) is 0 Å². The Morgan fingerprint density at radius 1 is 1.11 bits per heavy atom. The quantitative estimate of drug-likeness (QED) is 0.538. The topological polar surface area (TPSA) is 61.9 Å². The van der Waals surface area contributed by atoms with Crippen molar-refractivity contribution >= 4 is 17.9 Å². The van der Waals surface area contributed by atoms with Gasteiger partial charge in [0.1, 0.15) is 23.1 Å². The Hall–Kier alpha value is -3.30. The molecule has 0 unspecified atom stereocenters. The maximum atomic E-state index is 13.9. The van der Waals surface area contributed by atoms with Crippen LogP contribution in [-0.4, -0.2) is 21.6 Å². The van der Waals surface area contributed by atoms with Crippen molar-refractivity contribution in [1.29, 1.82) is 0 Å². The largest absolute Gasteiger partial charge is 0.435 e. The van der Waals surface area contributed by atoms with Crippen molar-refractivity contribution in [1.82, 2.24) is 15.2 Å². The van der Waals surface area contributed by atoms with E-state index in [1.54, 1.807) is 0 Å². The van der Waals surface area contributed by atoms with Crippen LogP contribution in [-0.2, 0) is 11.0 Å². The van der Waals surface area contributed by atoms with Gasteiger partial charge < -0.3 is 0 Å². The molecule has 1 amide bonds. The Balaban J connectivity index is 2.04. The normalized spacial score (nSPS) is 11.5. The minimum Gasteiger partial charge on any atom is -0.282 e. The molecular weight excluding hydrogens is 371 g/mol. The smallest absolute Gasteiger partial charge is 0.282 e. The zero-order valence-corrected chi connectivity index (χ0v) is 13.7. The number of H-pyrrole nitrogens is 1. The summed E-state index contributed by atoms with van der Waals surface area (Å²) in [6.45, 7) is 1.41. The van der Waals surface area contributed by atoms with E-state index >= 15 is 0 Å². The van der Waals surface area contributed by atoms with Crippen LogP contribution >= 0.6 is 0 Å². The van der Waals surface area contributed by atoms with Gasteiger partial charge in [-0.25, -0.2) is 13.8 Å². The van der Waals surface area contributed by atoms with Crippen molar-refractivity contribution in [2.45, 2.75) is 13.1 Å². The van der Waals surface area contributed by atoms with Crippen LogP contribution in [0, 0.1) is 18.6 Å². The zero-order valence-electron chi connectivity index (χ0n) is 13.7. The molecular formula is C17H11F5N4O. The summed E-state index contributed by atoms with van der Waals surface area (Å²) in [6, 6.07) is 5.50. The maximum absolute atomic E-state index is 13.9. The van der Waals surface area contributed by atoms with Gasteiger partial charge in [0.25, 0.3) is 0 Å². The number of nitrogens with zero attached hydrogens (tertiary/aromatic N) is 3. The first-order valence-electron chi connectivity index (χ1n) is 7.51. The molecule has 0 atom stereocenters. The predicted octanol–water partition coefficient (Wildman–Crippen LogP) is 4.37. The third kappa shape index (κ3) is 3.37. The molecule has 10 heteroatoms. The predicted molar refractivity (Wildman–Crippen MR) is 86.1 cm³/mol. The molecule has 0 aliphatic carbocycles. The van der Waals surface area contributed by atoms with Crippen molar-refractivity contribution in [3.8, 4) is 11.1 Å². The Morgan fingerprint density at radius 2 is 1.78 bits per heavy atom. The van der Waals surface area contributed by atoms with Gasteiger partial charge in [-0.2, -0.15) is 18.3 Å². The average molecular weight is 382 g/mol. The lowest BCUT2D eigenvalue weighted by atomic mass is 10.1. The van der Waals surface area contributed by atoms with Gasteiger partial charge in [0.2, 0.25) is 6.41 Å². The van der Waals surface area contributed by atoms with Crippen LogP contribution in [0.5, 0.6) is 0 Å². The summed E-state index contributed by atoms with van der Waals surface area (Å²) in [5, 5.41) is 5.53. The maximum Gasteiger partial charge on any atom is 0.435 e. The first-order chi connectivity index (χ1) is 12.7. The van der Waals surface area contributed by atoms with Crippen LogP contribution in [0.25, 0.3) is 11.1 Å². The number of halogens is 5. The molecule has 27 heavy (non-hydrogen) atoms. The number of amides is 1. The highest BCUT2D eigenvalue weighted by atomic mass is 19.4. The van der Waals surface area contributed by atoms with Crippen LogP contribution in [0.3, 0.4) is 0 Å². The highest BCUT2D eigenvalue weighted by Crippen LogP contribution is 2.37. The number of carbonyl (C=O) groups excluding carboxylic acids is 1. The number of carbonyl (C=O) groups is 1. The second-order valence-corrected chi connectivity index (χ2v) is 5.52. The molecule has 0 saturated heterocycles. The lowest BCUT2D eigenvalue weighted by Gasteiger charge is -2.18. The van der Waals surface area contributed by atoms with E-state index in [-0.39, 0.29) is 29.0 Å². The SMILES string of the molecule is Cc1[nH]nc(C(F)(F)F)c1-c1ccc(N(C=O)c2c(F)cccc2F)nc1. The standard InChI is InChI=1S/C17H11F5N4O/c1-9-14(16(25-24-9)17(20,21)22)10-5-6-13(23-7-10)26(8-27)15-11(18)3-2-4-12(15)19/h2-8H,1H3,(H,24,25). The number of aromatic nitrogens is 3. The number of anilines is 2. The summed E-state index contributed by atoms with van der Waals surface area (Å²) >= 11 is 0. The molecule has 2 aromatic heterocycles. The highest BCUT2D eigenvalue weighted by molar-refractivity contribution is 5.85. The monoisotopic (exact) mass is 382 g/mol. The molecule has 0 spiro atoms. The Bertz CT molecular complexity index is 962. The van der Waals surface area contributed by atoms with Gasteiger partial charge >= 0.3 is 6.18 Å². The molecule has 0 aliphatic rings. The van der Waals surface area contributed by atoms with E-state index in [0.717, 1.165) is 24.4 Å². The van der Waals surface area contributed by atoms with Crippen LogP contribution in [0.1, 0.15) is 11.4 Å². The molecule has 3 aromatic rings. The van der Waals surface area contributed by atoms with E-state index in [2.05, 4.69) is 15.2 Å². The second kappa shape index (κ2) is 6.78. The number of nitrogens with one attached hydrogen (secondary N) is 1. The van der Waals surface area contributed by atoms with E-state index in [1.165, 1.54) is 19.1 Å². The molecule has 0 saturated carbocycles. The van der Waals surface area contributed by atoms with Gasteiger partial charge in [-0.3, -0.25) is 14.8 Å². The minimum atomic E-state index is -4.68. The van der Waals surface area contributed by atoms with Gasteiger partial charge in [-0.1, -0.05) is 6.07 Å². The molecule has 0 fully saturated rings. The number of benzene rings is 1. The number of hydrogen-bond donors (Lipinski definition) is 1. The van der Waals surface area contributed by atoms with Crippen LogP contribution < -0.4 is 4.90 Å². The molecule has 3 rings (SSSR count). The van der Waals surface area contributed by atoms with E-state index in [4.69, 9.17) is 0 Å². The van der Waals surface area contributed by atoms with Crippen molar-refractivity contribution in [2.75, 3.05) is 4.90 Å². The molecule has 0 bridgehead atoms. The number of rotatable bonds is 4. The fourth-order valence-corrected chi connectivity index (χ4v) is 2.60. The van der Waals surface area contributed by atoms with E-state index < -0.39 is 29.2 Å². The Morgan fingerprint density at radius 3 is 2.30 bits per heavy atom. The third-order valence-corrected chi connectivity index (χ3v) is 3.78. The number of aromatic amines is 1. The lowest BCUT2D eigenvalue weighted by Crippen LogP contribution is -2.18. The average Bonchev–Trinajstić information content (AvgIpc) is 3.00. The number of aryl methyl sites for hydroxylation is 1. The van der Waals surface area contributed by atoms with E-state index in [1.807, 2.05) is 0 Å². The molecule has 0 radical (unpaired) electrons. The summed E-state index contributed by atoms with van der Waals surface area (Å²) in [5.74, 6) is -2.14. The summed E-state index contributed by atoms with van der Waals surface area (Å²) < 4.78 is 67.1. The van der Waals surface area contributed by atoms with Crippen molar-refractivity contribution in [3.63, 3.8) is 0 Å². The second-order valence-electron chi connectivity index (χ2n) is 5.52. The summed E-state index contributed by atoms with van der Waals surface area (Å²) in [7, 11) is 0. The summed E-state index contributed by atoms with van der Waals surface area (Å²) in [6.07, 6.45) is -3.45. The van der Waals surface area contributed by atoms with Gasteiger partial charge in [0, 0.05) is 23.0 Å². The highest BCUT2D eigenvalue weighted by Gasteiger charge is 2.38. The Labute approximate surface area is 149 Å². The molecule has 1 N–H and O–H groups in total. The number of hydrogen-bond acceptors (Lipinski definition) is 3. The first-order valence-corrected chi connectivity index (χ1v) is 7.51.